The Labute approximate surface area is 145 Å². The van der Waals surface area contributed by atoms with Crippen molar-refractivity contribution in [3.8, 4) is 11.5 Å². The van der Waals surface area contributed by atoms with Crippen molar-refractivity contribution < 1.29 is 23.5 Å². The molecular weight excluding hydrogens is 324 g/mol. The van der Waals surface area contributed by atoms with Crippen molar-refractivity contribution in [2.24, 2.45) is 0 Å². The van der Waals surface area contributed by atoms with Gasteiger partial charge in [0, 0.05) is 31.7 Å². The molecule has 2 heterocycles. The molecule has 132 valence electrons. The second kappa shape index (κ2) is 7.29. The van der Waals surface area contributed by atoms with Crippen molar-refractivity contribution in [3.63, 3.8) is 0 Å². The zero-order chi connectivity index (χ0) is 17.8. The minimum atomic E-state index is -0.0867. The number of methoxy groups -OCH3 is 2. The summed E-state index contributed by atoms with van der Waals surface area (Å²) in [6, 6.07) is 6.74. The third kappa shape index (κ3) is 3.45. The van der Waals surface area contributed by atoms with Gasteiger partial charge in [0.05, 0.1) is 26.0 Å². The lowest BCUT2D eigenvalue weighted by molar-refractivity contribution is 0.0535. The molecule has 1 saturated heterocycles. The van der Waals surface area contributed by atoms with Gasteiger partial charge in [-0.3, -0.25) is 9.59 Å². The maximum absolute atomic E-state index is 12.7. The van der Waals surface area contributed by atoms with Gasteiger partial charge in [0.15, 0.2) is 11.5 Å². The van der Waals surface area contributed by atoms with Crippen molar-refractivity contribution in [2.75, 3.05) is 40.4 Å². The molecule has 0 atom stereocenters. The van der Waals surface area contributed by atoms with E-state index < -0.39 is 0 Å². The van der Waals surface area contributed by atoms with E-state index in [0.717, 1.165) is 0 Å². The van der Waals surface area contributed by atoms with Gasteiger partial charge in [-0.1, -0.05) is 0 Å². The topological polar surface area (TPSA) is 72.2 Å². The summed E-state index contributed by atoms with van der Waals surface area (Å²) in [7, 11) is 3.09. The van der Waals surface area contributed by atoms with Crippen LogP contribution in [0.2, 0.25) is 0 Å². The lowest BCUT2D eigenvalue weighted by Gasteiger charge is -2.34. The minimum Gasteiger partial charge on any atom is -0.493 e. The number of furan rings is 1. The summed E-state index contributed by atoms with van der Waals surface area (Å²) in [6.45, 7) is 1.94. The molecule has 0 aliphatic carbocycles. The van der Waals surface area contributed by atoms with E-state index in [2.05, 4.69) is 0 Å². The second-order valence-electron chi connectivity index (χ2n) is 5.67. The van der Waals surface area contributed by atoms with E-state index in [4.69, 9.17) is 13.9 Å². The molecule has 2 aromatic rings. The number of amides is 2. The highest BCUT2D eigenvalue weighted by Crippen LogP contribution is 2.28. The van der Waals surface area contributed by atoms with E-state index in [-0.39, 0.29) is 11.8 Å². The maximum atomic E-state index is 12.7. The van der Waals surface area contributed by atoms with Crippen LogP contribution in [0.3, 0.4) is 0 Å². The summed E-state index contributed by atoms with van der Waals surface area (Å²) >= 11 is 0. The van der Waals surface area contributed by atoms with Crippen molar-refractivity contribution >= 4 is 11.8 Å². The van der Waals surface area contributed by atoms with Crippen LogP contribution < -0.4 is 9.47 Å². The summed E-state index contributed by atoms with van der Waals surface area (Å²) < 4.78 is 15.4. The Kier molecular flexibility index (Phi) is 4.92. The Morgan fingerprint density at radius 3 is 2.00 bits per heavy atom. The number of ether oxygens (including phenoxy) is 2. The van der Waals surface area contributed by atoms with Gasteiger partial charge < -0.3 is 23.7 Å². The first-order valence-corrected chi connectivity index (χ1v) is 7.97. The zero-order valence-corrected chi connectivity index (χ0v) is 14.2. The van der Waals surface area contributed by atoms with Crippen LogP contribution in [0.15, 0.2) is 41.2 Å². The van der Waals surface area contributed by atoms with E-state index >= 15 is 0 Å². The van der Waals surface area contributed by atoms with Crippen molar-refractivity contribution in [1.29, 1.82) is 0 Å². The van der Waals surface area contributed by atoms with E-state index in [1.54, 1.807) is 41.2 Å². The number of carbonyl (C=O) groups is 2. The SMILES string of the molecule is COc1ccc(C(=O)N2CCN(C(=O)c3ccoc3)CC2)cc1OC. The van der Waals surface area contributed by atoms with Crippen LogP contribution in [0.4, 0.5) is 0 Å². The summed E-state index contributed by atoms with van der Waals surface area (Å²) in [6.07, 6.45) is 2.91. The van der Waals surface area contributed by atoms with E-state index in [1.165, 1.54) is 19.6 Å². The van der Waals surface area contributed by atoms with Crippen molar-refractivity contribution in [1.82, 2.24) is 9.80 Å². The lowest BCUT2D eigenvalue weighted by Crippen LogP contribution is -2.50. The molecule has 1 fully saturated rings. The third-order valence-electron chi connectivity index (χ3n) is 4.25. The van der Waals surface area contributed by atoms with Crippen LogP contribution in [0.5, 0.6) is 11.5 Å². The van der Waals surface area contributed by atoms with Crippen molar-refractivity contribution in [3.05, 3.63) is 47.9 Å². The van der Waals surface area contributed by atoms with Gasteiger partial charge in [0.2, 0.25) is 0 Å². The number of carbonyl (C=O) groups excluding carboxylic acids is 2. The largest absolute Gasteiger partial charge is 0.493 e. The summed E-state index contributed by atoms with van der Waals surface area (Å²) in [5.74, 6) is 0.931. The van der Waals surface area contributed by atoms with Gasteiger partial charge in [-0.25, -0.2) is 0 Å². The minimum absolute atomic E-state index is 0.0769. The van der Waals surface area contributed by atoms with Gasteiger partial charge in [-0.2, -0.15) is 0 Å². The second-order valence-corrected chi connectivity index (χ2v) is 5.67. The molecule has 0 saturated carbocycles. The molecule has 1 aromatic carbocycles. The highest BCUT2D eigenvalue weighted by Gasteiger charge is 2.26. The fourth-order valence-electron chi connectivity index (χ4n) is 2.83. The van der Waals surface area contributed by atoms with Crippen LogP contribution in [-0.4, -0.2) is 62.0 Å². The molecular formula is C18H20N2O5. The molecule has 25 heavy (non-hydrogen) atoms. The average Bonchev–Trinajstić information content (AvgIpc) is 3.21. The number of rotatable bonds is 4. The van der Waals surface area contributed by atoms with Crippen LogP contribution >= 0.6 is 0 Å². The smallest absolute Gasteiger partial charge is 0.257 e. The molecule has 1 aliphatic heterocycles. The first-order chi connectivity index (χ1) is 12.1. The summed E-state index contributed by atoms with van der Waals surface area (Å²) in [5.41, 5.74) is 1.06. The highest BCUT2D eigenvalue weighted by molar-refractivity contribution is 5.96. The quantitative estimate of drug-likeness (QED) is 0.847. The fraction of sp³-hybridized carbons (Fsp3) is 0.333. The predicted molar refractivity (Wildman–Crippen MR) is 90.1 cm³/mol. The van der Waals surface area contributed by atoms with Gasteiger partial charge in [-0.05, 0) is 24.3 Å². The normalized spacial score (nSPS) is 14.3. The number of benzene rings is 1. The molecule has 0 radical (unpaired) electrons. The van der Waals surface area contributed by atoms with Gasteiger partial charge in [0.1, 0.15) is 6.26 Å². The molecule has 0 bridgehead atoms. The number of nitrogens with zero attached hydrogens (tertiary/aromatic N) is 2. The number of hydrogen-bond acceptors (Lipinski definition) is 5. The Bertz CT molecular complexity index is 749. The Balaban J connectivity index is 1.64. The molecule has 7 nitrogen and oxygen atoms in total. The van der Waals surface area contributed by atoms with Gasteiger partial charge >= 0.3 is 0 Å². The first kappa shape index (κ1) is 16.9. The van der Waals surface area contributed by atoms with E-state index in [1.807, 2.05) is 0 Å². The Morgan fingerprint density at radius 2 is 1.48 bits per heavy atom. The summed E-state index contributed by atoms with van der Waals surface area (Å²) in [4.78, 5) is 28.4. The number of hydrogen-bond donors (Lipinski definition) is 0. The molecule has 1 aromatic heterocycles. The molecule has 1 aliphatic rings. The molecule has 3 rings (SSSR count). The summed E-state index contributed by atoms with van der Waals surface area (Å²) in [5, 5.41) is 0. The highest BCUT2D eigenvalue weighted by atomic mass is 16.5. The third-order valence-corrected chi connectivity index (χ3v) is 4.25. The Hall–Kier alpha value is -2.96. The Morgan fingerprint density at radius 1 is 0.880 bits per heavy atom. The van der Waals surface area contributed by atoms with Crippen LogP contribution in [0.25, 0.3) is 0 Å². The molecule has 0 spiro atoms. The number of piperazine rings is 1. The monoisotopic (exact) mass is 344 g/mol. The zero-order valence-electron chi connectivity index (χ0n) is 14.2. The maximum Gasteiger partial charge on any atom is 0.257 e. The molecule has 0 unspecified atom stereocenters. The fourth-order valence-corrected chi connectivity index (χ4v) is 2.83. The first-order valence-electron chi connectivity index (χ1n) is 7.97. The lowest BCUT2D eigenvalue weighted by atomic mass is 10.1. The predicted octanol–water partition coefficient (Wildman–Crippen LogP) is 1.90. The molecule has 2 amide bonds. The van der Waals surface area contributed by atoms with Crippen LogP contribution in [0, 0.1) is 0 Å². The molecule has 0 N–H and O–H groups in total. The van der Waals surface area contributed by atoms with Gasteiger partial charge in [-0.15, -0.1) is 0 Å². The van der Waals surface area contributed by atoms with Crippen LogP contribution in [-0.2, 0) is 0 Å². The van der Waals surface area contributed by atoms with E-state index in [0.29, 0.717) is 48.8 Å². The van der Waals surface area contributed by atoms with Crippen molar-refractivity contribution in [2.45, 2.75) is 0 Å². The van der Waals surface area contributed by atoms with E-state index in [9.17, 15) is 9.59 Å². The molecule has 7 heteroatoms. The van der Waals surface area contributed by atoms with Crippen LogP contribution in [0.1, 0.15) is 20.7 Å². The standard InChI is InChI=1S/C18H20N2O5/c1-23-15-4-3-13(11-16(15)24-2)17(21)19-6-8-20(9-7-19)18(22)14-5-10-25-12-14/h3-5,10-12H,6-9H2,1-2H3. The average molecular weight is 344 g/mol. The van der Waals surface area contributed by atoms with Gasteiger partial charge in [0.25, 0.3) is 11.8 Å².